The van der Waals surface area contributed by atoms with Gasteiger partial charge in [0.1, 0.15) is 0 Å². The molecule has 0 amide bonds. The maximum Gasteiger partial charge on any atom is 0.0716 e. The van der Waals surface area contributed by atoms with Crippen LogP contribution in [0.15, 0.2) is 0 Å². The van der Waals surface area contributed by atoms with Crippen molar-refractivity contribution in [3.8, 4) is 24.7 Å². The summed E-state index contributed by atoms with van der Waals surface area (Å²) in [4.78, 5) is 0. The second kappa shape index (κ2) is 6.16. The Kier molecular flexibility index (Phi) is 7.27. The van der Waals surface area contributed by atoms with Gasteiger partial charge < -0.3 is 11.5 Å². The average molecular weight is 138 g/mol. The van der Waals surface area contributed by atoms with Gasteiger partial charge in [-0.1, -0.05) is 11.8 Å². The van der Waals surface area contributed by atoms with Crippen molar-refractivity contribution in [3.05, 3.63) is 0 Å². The molecule has 2 nitrogen and oxygen atoms in total. The Bertz CT molecular complexity index is 140. The van der Waals surface area contributed by atoms with Gasteiger partial charge in [0.25, 0.3) is 0 Å². The molecule has 0 heterocycles. The van der Waals surface area contributed by atoms with E-state index in [0.717, 1.165) is 0 Å². The highest BCUT2D eigenvalue weighted by Gasteiger charge is 2.00. The van der Waals surface area contributed by atoms with Gasteiger partial charge in [-0.25, -0.2) is 0 Å². The lowest BCUT2D eigenvalue weighted by atomic mass is 10.1. The van der Waals surface area contributed by atoms with Crippen molar-refractivity contribution in [2.75, 3.05) is 6.54 Å². The van der Waals surface area contributed by atoms with E-state index in [4.69, 9.17) is 17.9 Å². The lowest BCUT2D eigenvalue weighted by Crippen LogP contribution is -2.28. The molecule has 0 aliphatic heterocycles. The van der Waals surface area contributed by atoms with E-state index in [0.29, 0.717) is 6.54 Å². The largest absolute Gasteiger partial charge is 0.320 e. The first-order valence-electron chi connectivity index (χ1n) is 2.88. The number of terminal acetylenes is 2. The van der Waals surface area contributed by atoms with Crippen LogP contribution in [0.5, 0.6) is 0 Å². The molecule has 0 aliphatic rings. The van der Waals surface area contributed by atoms with Crippen LogP contribution in [-0.4, -0.2) is 12.1 Å². The SMILES string of the molecule is C#CC(C)(C)N.C#CCN. The number of hydrogen-bond donors (Lipinski definition) is 2. The highest BCUT2D eigenvalue weighted by molar-refractivity contribution is 5.04. The molecule has 0 saturated heterocycles. The molecule has 0 atom stereocenters. The smallest absolute Gasteiger partial charge is 0.0716 e. The van der Waals surface area contributed by atoms with E-state index in [2.05, 4.69) is 18.3 Å². The van der Waals surface area contributed by atoms with Gasteiger partial charge >= 0.3 is 0 Å². The first kappa shape index (κ1) is 11.8. The zero-order valence-electron chi connectivity index (χ0n) is 6.52. The summed E-state index contributed by atoms with van der Waals surface area (Å²) in [5, 5.41) is 0. The average Bonchev–Trinajstić information content (AvgIpc) is 1.87. The predicted octanol–water partition coefficient (Wildman–Crippen LogP) is -0.0648. The fourth-order valence-corrected chi connectivity index (χ4v) is 0. The van der Waals surface area contributed by atoms with Crippen LogP contribution in [0.4, 0.5) is 0 Å². The van der Waals surface area contributed by atoms with Crippen molar-refractivity contribution in [2.24, 2.45) is 11.5 Å². The maximum absolute atomic E-state index is 5.30. The molecule has 0 aromatic carbocycles. The standard InChI is InChI=1S/C5H9N.C3H5N/c1-4-5(2,3)6;1-2-3-4/h1H,6H2,2-3H3;1H,3-4H2. The second-order valence-electron chi connectivity index (χ2n) is 2.27. The van der Waals surface area contributed by atoms with Gasteiger partial charge in [-0.05, 0) is 13.8 Å². The van der Waals surface area contributed by atoms with E-state index < -0.39 is 5.54 Å². The Balaban J connectivity index is 0. The minimum atomic E-state index is -0.431. The molecular formula is C8H14N2. The van der Waals surface area contributed by atoms with Crippen LogP contribution in [0, 0.1) is 24.7 Å². The summed E-state index contributed by atoms with van der Waals surface area (Å²) in [7, 11) is 0. The molecule has 0 saturated carbocycles. The molecule has 4 N–H and O–H groups in total. The summed E-state index contributed by atoms with van der Waals surface area (Å²) in [6.45, 7) is 3.92. The fourth-order valence-electron chi connectivity index (χ4n) is 0. The van der Waals surface area contributed by atoms with Crippen LogP contribution in [0.2, 0.25) is 0 Å². The van der Waals surface area contributed by atoms with Crippen LogP contribution in [0.1, 0.15) is 13.8 Å². The molecule has 0 aromatic heterocycles. The third kappa shape index (κ3) is 27.8. The van der Waals surface area contributed by atoms with Gasteiger partial charge in [-0.2, -0.15) is 0 Å². The monoisotopic (exact) mass is 138 g/mol. The third-order valence-electron chi connectivity index (χ3n) is 0.490. The molecule has 0 fully saturated rings. The van der Waals surface area contributed by atoms with Crippen LogP contribution >= 0.6 is 0 Å². The van der Waals surface area contributed by atoms with E-state index in [9.17, 15) is 0 Å². The summed E-state index contributed by atoms with van der Waals surface area (Å²) in [5.41, 5.74) is 9.66. The van der Waals surface area contributed by atoms with Gasteiger partial charge in [0.2, 0.25) is 0 Å². The molecule has 2 heteroatoms. The minimum Gasteiger partial charge on any atom is -0.320 e. The van der Waals surface area contributed by atoms with E-state index in [-0.39, 0.29) is 0 Å². The van der Waals surface area contributed by atoms with Gasteiger partial charge in [0, 0.05) is 0 Å². The number of nitrogens with two attached hydrogens (primary N) is 2. The molecule has 0 radical (unpaired) electrons. The zero-order valence-corrected chi connectivity index (χ0v) is 6.52. The topological polar surface area (TPSA) is 52.0 Å². The summed E-state index contributed by atoms with van der Waals surface area (Å²) in [6.07, 6.45) is 9.58. The Morgan fingerprint density at radius 2 is 1.60 bits per heavy atom. The predicted molar refractivity (Wildman–Crippen MR) is 45.0 cm³/mol. The first-order valence-corrected chi connectivity index (χ1v) is 2.88. The van der Waals surface area contributed by atoms with Crippen molar-refractivity contribution in [2.45, 2.75) is 19.4 Å². The first-order chi connectivity index (χ1) is 4.47. The van der Waals surface area contributed by atoms with E-state index >= 15 is 0 Å². The quantitative estimate of drug-likeness (QED) is 0.461. The number of rotatable bonds is 0. The van der Waals surface area contributed by atoms with Gasteiger partial charge in [-0.15, -0.1) is 12.8 Å². The molecule has 0 aliphatic carbocycles. The highest BCUT2D eigenvalue weighted by Crippen LogP contribution is 1.88. The van der Waals surface area contributed by atoms with Crippen molar-refractivity contribution in [1.82, 2.24) is 0 Å². The summed E-state index contributed by atoms with van der Waals surface area (Å²) >= 11 is 0. The molecular weight excluding hydrogens is 124 g/mol. The molecule has 0 unspecified atom stereocenters. The molecule has 0 aromatic rings. The summed E-state index contributed by atoms with van der Waals surface area (Å²) < 4.78 is 0. The van der Waals surface area contributed by atoms with Crippen LogP contribution in [-0.2, 0) is 0 Å². The van der Waals surface area contributed by atoms with Gasteiger partial charge in [0.15, 0.2) is 0 Å². The van der Waals surface area contributed by atoms with Crippen LogP contribution in [0.3, 0.4) is 0 Å². The van der Waals surface area contributed by atoms with E-state index in [1.807, 2.05) is 0 Å². The molecule has 0 bridgehead atoms. The minimum absolute atomic E-state index is 0.347. The Morgan fingerprint density at radius 1 is 1.40 bits per heavy atom. The van der Waals surface area contributed by atoms with Crippen molar-refractivity contribution < 1.29 is 0 Å². The Hall–Kier alpha value is -0.960. The third-order valence-corrected chi connectivity index (χ3v) is 0.490. The molecule has 10 heavy (non-hydrogen) atoms. The van der Waals surface area contributed by atoms with E-state index in [1.54, 1.807) is 13.8 Å². The maximum atomic E-state index is 5.30. The lowest BCUT2D eigenvalue weighted by Gasteiger charge is -2.05. The Labute approximate surface area is 63.0 Å². The van der Waals surface area contributed by atoms with Crippen molar-refractivity contribution >= 4 is 0 Å². The second-order valence-corrected chi connectivity index (χ2v) is 2.27. The van der Waals surface area contributed by atoms with Crippen molar-refractivity contribution in [1.29, 1.82) is 0 Å². The molecule has 0 spiro atoms. The van der Waals surface area contributed by atoms with E-state index in [1.165, 1.54) is 0 Å². The number of hydrogen-bond acceptors (Lipinski definition) is 2. The fraction of sp³-hybridized carbons (Fsp3) is 0.500. The lowest BCUT2D eigenvalue weighted by molar-refractivity contribution is 0.681. The van der Waals surface area contributed by atoms with Crippen molar-refractivity contribution in [3.63, 3.8) is 0 Å². The van der Waals surface area contributed by atoms with Crippen LogP contribution < -0.4 is 11.5 Å². The van der Waals surface area contributed by atoms with Gasteiger partial charge in [-0.3, -0.25) is 0 Å². The highest BCUT2D eigenvalue weighted by atomic mass is 14.7. The summed E-state index contributed by atoms with van der Waals surface area (Å²) in [6, 6.07) is 0. The normalized spacial score (nSPS) is 8.20. The molecule has 0 rings (SSSR count). The van der Waals surface area contributed by atoms with Gasteiger partial charge in [0.05, 0.1) is 12.1 Å². The zero-order chi connectivity index (χ0) is 8.62. The molecule has 56 valence electrons. The Morgan fingerprint density at radius 3 is 1.60 bits per heavy atom. The summed E-state index contributed by atoms with van der Waals surface area (Å²) in [5.74, 6) is 4.59. The van der Waals surface area contributed by atoms with Crippen LogP contribution in [0.25, 0.3) is 0 Å².